The van der Waals surface area contributed by atoms with E-state index in [0.717, 1.165) is 29.7 Å². The molecular formula is C26H29N3O3S. The van der Waals surface area contributed by atoms with Crippen molar-refractivity contribution in [2.24, 2.45) is 7.05 Å². The van der Waals surface area contributed by atoms with E-state index in [-0.39, 0.29) is 17.9 Å². The summed E-state index contributed by atoms with van der Waals surface area (Å²) < 4.78 is 7.83. The number of hydrogen-bond acceptors (Lipinski definition) is 5. The van der Waals surface area contributed by atoms with Crippen molar-refractivity contribution in [1.29, 1.82) is 0 Å². The molecule has 1 aliphatic heterocycles. The lowest BCUT2D eigenvalue weighted by Crippen LogP contribution is -2.33. The number of para-hydroxylation sites is 1. The van der Waals surface area contributed by atoms with E-state index in [2.05, 4.69) is 48.4 Å². The van der Waals surface area contributed by atoms with Gasteiger partial charge in [0.1, 0.15) is 11.6 Å². The van der Waals surface area contributed by atoms with E-state index in [0.29, 0.717) is 28.9 Å². The minimum absolute atomic E-state index is 0.119. The first-order valence-corrected chi connectivity index (χ1v) is 12.3. The predicted octanol–water partition coefficient (Wildman–Crippen LogP) is 5.03. The van der Waals surface area contributed by atoms with Gasteiger partial charge in [0, 0.05) is 30.7 Å². The lowest BCUT2D eigenvalue weighted by atomic mass is 9.86. The molecule has 7 heteroatoms. The summed E-state index contributed by atoms with van der Waals surface area (Å²) in [6, 6.07) is 16.0. The number of unbranched alkanes of at least 4 members (excludes halogenated alkanes) is 1. The van der Waals surface area contributed by atoms with Crippen LogP contribution in [-0.4, -0.2) is 22.1 Å². The number of hydrogen-bond donors (Lipinski definition) is 1. The summed E-state index contributed by atoms with van der Waals surface area (Å²) >= 11 is 1.48. The highest BCUT2D eigenvalue weighted by atomic mass is 32.2. The van der Waals surface area contributed by atoms with Crippen LogP contribution in [0.2, 0.25) is 0 Å². The quantitative estimate of drug-likeness (QED) is 0.288. The summed E-state index contributed by atoms with van der Waals surface area (Å²) in [6.45, 7) is 4.77. The number of benzene rings is 2. The highest BCUT2D eigenvalue weighted by molar-refractivity contribution is 7.98. The van der Waals surface area contributed by atoms with Crippen molar-refractivity contribution in [3.63, 3.8) is 0 Å². The van der Waals surface area contributed by atoms with Crippen LogP contribution in [0, 0.1) is 6.92 Å². The maximum Gasteiger partial charge on any atom is 0.279 e. The second-order valence-corrected chi connectivity index (χ2v) is 9.28. The van der Waals surface area contributed by atoms with E-state index in [1.54, 1.807) is 0 Å². The maximum atomic E-state index is 13.2. The van der Waals surface area contributed by atoms with Gasteiger partial charge in [0.2, 0.25) is 5.91 Å². The van der Waals surface area contributed by atoms with Crippen molar-refractivity contribution in [1.82, 2.24) is 9.55 Å². The SMILES string of the molecule is CCCCOc1ccccc1[C@H]1CC(=O)Nc2c1c(=O)nc(SCc1ccc(C)cc1)n2C. The number of rotatable bonds is 8. The zero-order valence-corrected chi connectivity index (χ0v) is 20.1. The van der Waals surface area contributed by atoms with E-state index >= 15 is 0 Å². The third-order valence-corrected chi connectivity index (χ3v) is 6.94. The number of carbonyl (C=O) groups is 1. The van der Waals surface area contributed by atoms with Crippen LogP contribution in [-0.2, 0) is 17.6 Å². The molecule has 0 aliphatic carbocycles. The smallest absolute Gasteiger partial charge is 0.279 e. The lowest BCUT2D eigenvalue weighted by Gasteiger charge is -2.28. The molecule has 1 aliphatic rings. The molecule has 0 radical (unpaired) electrons. The molecular weight excluding hydrogens is 434 g/mol. The van der Waals surface area contributed by atoms with Crippen LogP contribution in [0.1, 0.15) is 54.4 Å². The predicted molar refractivity (Wildman–Crippen MR) is 132 cm³/mol. The fourth-order valence-electron chi connectivity index (χ4n) is 3.99. The Kier molecular flexibility index (Phi) is 7.18. The van der Waals surface area contributed by atoms with E-state index in [1.807, 2.05) is 35.9 Å². The van der Waals surface area contributed by atoms with Crippen LogP contribution in [0.5, 0.6) is 5.75 Å². The second-order valence-electron chi connectivity index (χ2n) is 8.34. The summed E-state index contributed by atoms with van der Waals surface area (Å²) in [5, 5.41) is 3.49. The van der Waals surface area contributed by atoms with Gasteiger partial charge in [0.05, 0.1) is 12.2 Å². The highest BCUT2D eigenvalue weighted by Crippen LogP contribution is 2.39. The molecule has 2 aromatic carbocycles. The fraction of sp³-hybridized carbons (Fsp3) is 0.346. The van der Waals surface area contributed by atoms with Crippen molar-refractivity contribution < 1.29 is 9.53 Å². The molecule has 1 aromatic heterocycles. The van der Waals surface area contributed by atoms with Crippen molar-refractivity contribution in [3.8, 4) is 5.75 Å². The first-order valence-electron chi connectivity index (χ1n) is 11.3. The third-order valence-electron chi connectivity index (χ3n) is 5.84. The number of anilines is 1. The first-order chi connectivity index (χ1) is 16.0. The minimum atomic E-state index is -0.395. The molecule has 3 aromatic rings. The molecule has 6 nitrogen and oxygen atoms in total. The van der Waals surface area contributed by atoms with Crippen LogP contribution in [0.25, 0.3) is 0 Å². The van der Waals surface area contributed by atoms with Gasteiger partial charge >= 0.3 is 0 Å². The molecule has 1 atom stereocenters. The molecule has 0 bridgehead atoms. The Hall–Kier alpha value is -3.06. The Morgan fingerprint density at radius 2 is 1.91 bits per heavy atom. The van der Waals surface area contributed by atoms with Gasteiger partial charge in [0.15, 0.2) is 5.16 Å². The zero-order valence-electron chi connectivity index (χ0n) is 19.3. The van der Waals surface area contributed by atoms with Crippen molar-refractivity contribution in [3.05, 3.63) is 81.1 Å². The molecule has 0 spiro atoms. The van der Waals surface area contributed by atoms with Crippen molar-refractivity contribution >= 4 is 23.5 Å². The zero-order chi connectivity index (χ0) is 23.4. The van der Waals surface area contributed by atoms with Crippen molar-refractivity contribution in [2.75, 3.05) is 11.9 Å². The molecule has 4 rings (SSSR count). The molecule has 0 fully saturated rings. The summed E-state index contributed by atoms with van der Waals surface area (Å²) in [7, 11) is 1.84. The van der Waals surface area contributed by atoms with Crippen LogP contribution < -0.4 is 15.6 Å². The Morgan fingerprint density at radius 3 is 2.67 bits per heavy atom. The van der Waals surface area contributed by atoms with E-state index in [4.69, 9.17) is 4.74 Å². The Labute approximate surface area is 198 Å². The monoisotopic (exact) mass is 463 g/mol. The Bertz CT molecular complexity index is 1200. The van der Waals surface area contributed by atoms with E-state index < -0.39 is 5.92 Å². The fourth-order valence-corrected chi connectivity index (χ4v) is 4.91. The number of thioether (sulfide) groups is 1. The van der Waals surface area contributed by atoms with Gasteiger partial charge in [0.25, 0.3) is 5.56 Å². The minimum Gasteiger partial charge on any atom is -0.493 e. The molecule has 0 saturated carbocycles. The molecule has 2 heterocycles. The number of aromatic nitrogens is 2. The van der Waals surface area contributed by atoms with Crippen LogP contribution in [0.3, 0.4) is 0 Å². The highest BCUT2D eigenvalue weighted by Gasteiger charge is 2.33. The van der Waals surface area contributed by atoms with Crippen molar-refractivity contribution in [2.45, 2.75) is 49.9 Å². The van der Waals surface area contributed by atoms with Crippen LogP contribution >= 0.6 is 11.8 Å². The number of nitrogens with zero attached hydrogens (tertiary/aromatic N) is 2. The Morgan fingerprint density at radius 1 is 1.15 bits per heavy atom. The number of carbonyl (C=O) groups excluding carboxylic acids is 1. The van der Waals surface area contributed by atoms with E-state index in [1.165, 1.54) is 17.3 Å². The van der Waals surface area contributed by atoms with Crippen LogP contribution in [0.15, 0.2) is 58.5 Å². The summed E-state index contributed by atoms with van der Waals surface area (Å²) in [6.07, 6.45) is 2.17. The molecule has 1 N–H and O–H groups in total. The summed E-state index contributed by atoms with van der Waals surface area (Å²) in [4.78, 5) is 30.3. The average molecular weight is 464 g/mol. The molecule has 1 amide bonds. The van der Waals surface area contributed by atoms with Gasteiger partial charge in [-0.05, 0) is 25.0 Å². The summed E-state index contributed by atoms with van der Waals surface area (Å²) in [5.41, 5.74) is 3.42. The number of amides is 1. The van der Waals surface area contributed by atoms with Gasteiger partial charge in [-0.2, -0.15) is 4.98 Å². The number of ether oxygens (including phenoxy) is 1. The van der Waals surface area contributed by atoms with E-state index in [9.17, 15) is 9.59 Å². The Balaban J connectivity index is 1.68. The van der Waals surface area contributed by atoms with Gasteiger partial charge in [-0.1, -0.05) is 73.1 Å². The largest absolute Gasteiger partial charge is 0.493 e. The van der Waals surface area contributed by atoms with Gasteiger partial charge in [-0.15, -0.1) is 0 Å². The first kappa shape index (κ1) is 23.1. The lowest BCUT2D eigenvalue weighted by molar-refractivity contribution is -0.116. The molecule has 0 unspecified atom stereocenters. The molecule has 0 saturated heterocycles. The van der Waals surface area contributed by atoms with Gasteiger partial charge in [-0.3, -0.25) is 9.59 Å². The average Bonchev–Trinajstić information content (AvgIpc) is 2.81. The second kappa shape index (κ2) is 10.3. The maximum absolute atomic E-state index is 13.2. The number of nitrogens with one attached hydrogen (secondary N) is 1. The standard InChI is InChI=1S/C26H29N3O3S/c1-4-5-14-32-21-9-7-6-8-19(21)20-15-22(30)27-24-23(20)25(31)28-26(29(24)3)33-16-18-12-10-17(2)11-13-18/h6-13,20H,4-5,14-16H2,1-3H3,(H,27,30)/t20-/m1/s1. The third kappa shape index (κ3) is 5.14. The van der Waals surface area contributed by atoms with Crippen LogP contribution in [0.4, 0.5) is 5.82 Å². The topological polar surface area (TPSA) is 73.2 Å². The normalized spacial score (nSPS) is 15.1. The number of fused-ring (bicyclic) bond motifs is 1. The van der Waals surface area contributed by atoms with Gasteiger partial charge in [-0.25, -0.2) is 0 Å². The number of aryl methyl sites for hydroxylation is 1. The summed E-state index contributed by atoms with van der Waals surface area (Å²) in [5.74, 6) is 1.41. The van der Waals surface area contributed by atoms with Gasteiger partial charge < -0.3 is 14.6 Å². The molecule has 33 heavy (non-hydrogen) atoms. The molecule has 172 valence electrons.